The maximum absolute atomic E-state index is 12.9. The van der Waals surface area contributed by atoms with Crippen LogP contribution in [0, 0.1) is 11.8 Å². The van der Waals surface area contributed by atoms with Crippen molar-refractivity contribution in [1.29, 1.82) is 0 Å². The van der Waals surface area contributed by atoms with Crippen LogP contribution in [-0.2, 0) is 4.79 Å². The van der Waals surface area contributed by atoms with Gasteiger partial charge in [0.1, 0.15) is 6.17 Å². The molecule has 21 heavy (non-hydrogen) atoms. The van der Waals surface area contributed by atoms with Gasteiger partial charge in [0.15, 0.2) is 0 Å². The third-order valence-electron chi connectivity index (χ3n) is 4.56. The number of thiophene rings is 1. The van der Waals surface area contributed by atoms with Crippen molar-refractivity contribution in [3.05, 3.63) is 22.4 Å². The van der Waals surface area contributed by atoms with Gasteiger partial charge >= 0.3 is 0 Å². The van der Waals surface area contributed by atoms with Gasteiger partial charge in [-0.1, -0.05) is 32.8 Å². The van der Waals surface area contributed by atoms with Crippen molar-refractivity contribution < 1.29 is 4.79 Å². The molecule has 3 atom stereocenters. The van der Waals surface area contributed by atoms with Gasteiger partial charge in [-0.15, -0.1) is 11.3 Å². The van der Waals surface area contributed by atoms with E-state index < -0.39 is 0 Å². The zero-order chi connectivity index (χ0) is 15.0. The lowest BCUT2D eigenvalue weighted by Crippen LogP contribution is -2.38. The second-order valence-corrected chi connectivity index (χ2v) is 8.02. The standard InChI is InChI=1S/C17H26N2OS/c1-11(2)9-14-17(20)19(12(3)10-13-6-7-13)16(18-14)15-5-4-8-21-15/h4-5,8,11-14,16,18H,6-7,9-10H2,1-3H3. The molecule has 1 aromatic rings. The summed E-state index contributed by atoms with van der Waals surface area (Å²) in [6.07, 6.45) is 4.85. The molecule has 1 aliphatic carbocycles. The van der Waals surface area contributed by atoms with Crippen LogP contribution < -0.4 is 5.32 Å². The third-order valence-corrected chi connectivity index (χ3v) is 5.48. The molecule has 1 N–H and O–H groups in total. The Balaban J connectivity index is 1.79. The highest BCUT2D eigenvalue weighted by Crippen LogP contribution is 2.38. The average molecular weight is 306 g/mol. The van der Waals surface area contributed by atoms with Crippen molar-refractivity contribution in [2.45, 2.75) is 64.7 Å². The van der Waals surface area contributed by atoms with Crippen molar-refractivity contribution >= 4 is 17.2 Å². The number of nitrogens with one attached hydrogen (secondary N) is 1. The minimum Gasteiger partial charge on any atom is -0.318 e. The number of carbonyl (C=O) groups excluding carboxylic acids is 1. The Hall–Kier alpha value is -0.870. The molecule has 2 fully saturated rings. The first kappa shape index (κ1) is 15.0. The van der Waals surface area contributed by atoms with Gasteiger partial charge in [0.05, 0.1) is 6.04 Å². The second kappa shape index (κ2) is 6.09. The maximum atomic E-state index is 12.9. The van der Waals surface area contributed by atoms with E-state index in [9.17, 15) is 4.79 Å². The number of carbonyl (C=O) groups is 1. The third kappa shape index (κ3) is 3.32. The molecule has 1 amide bonds. The Bertz CT molecular complexity index is 481. The molecule has 4 heteroatoms. The number of amides is 1. The van der Waals surface area contributed by atoms with Crippen LogP contribution in [0.5, 0.6) is 0 Å². The van der Waals surface area contributed by atoms with Crippen molar-refractivity contribution in [3.8, 4) is 0 Å². The summed E-state index contributed by atoms with van der Waals surface area (Å²) in [6, 6.07) is 4.54. The molecule has 1 saturated heterocycles. The van der Waals surface area contributed by atoms with Gasteiger partial charge in [-0.3, -0.25) is 10.1 Å². The lowest BCUT2D eigenvalue weighted by Gasteiger charge is -2.30. The van der Waals surface area contributed by atoms with Gasteiger partial charge in [0.2, 0.25) is 5.91 Å². The smallest absolute Gasteiger partial charge is 0.241 e. The zero-order valence-electron chi connectivity index (χ0n) is 13.2. The van der Waals surface area contributed by atoms with Crippen molar-refractivity contribution in [2.75, 3.05) is 0 Å². The quantitative estimate of drug-likeness (QED) is 0.867. The van der Waals surface area contributed by atoms with Crippen molar-refractivity contribution in [1.82, 2.24) is 10.2 Å². The van der Waals surface area contributed by atoms with E-state index >= 15 is 0 Å². The second-order valence-electron chi connectivity index (χ2n) is 7.04. The van der Waals surface area contributed by atoms with Crippen LogP contribution in [0.15, 0.2) is 17.5 Å². The van der Waals surface area contributed by atoms with Crippen molar-refractivity contribution in [2.24, 2.45) is 11.8 Å². The highest BCUT2D eigenvalue weighted by atomic mass is 32.1. The molecule has 0 radical (unpaired) electrons. The minimum absolute atomic E-state index is 0.0150. The highest BCUT2D eigenvalue weighted by Gasteiger charge is 2.43. The first-order valence-electron chi connectivity index (χ1n) is 8.18. The summed E-state index contributed by atoms with van der Waals surface area (Å²) >= 11 is 1.74. The van der Waals surface area contributed by atoms with Gasteiger partial charge < -0.3 is 4.90 Å². The van der Waals surface area contributed by atoms with Crippen LogP contribution >= 0.6 is 11.3 Å². The molecule has 1 aromatic heterocycles. The summed E-state index contributed by atoms with van der Waals surface area (Å²) in [5.74, 6) is 1.69. The fourth-order valence-electron chi connectivity index (χ4n) is 3.38. The molecule has 0 spiro atoms. The largest absolute Gasteiger partial charge is 0.318 e. The topological polar surface area (TPSA) is 32.3 Å². The number of hydrogen-bond acceptors (Lipinski definition) is 3. The van der Waals surface area contributed by atoms with E-state index in [0.29, 0.717) is 17.9 Å². The van der Waals surface area contributed by atoms with E-state index in [1.165, 1.54) is 17.7 Å². The van der Waals surface area contributed by atoms with E-state index in [2.05, 4.69) is 48.5 Å². The molecule has 3 rings (SSSR count). The molecule has 0 bridgehead atoms. The van der Waals surface area contributed by atoms with Gasteiger partial charge in [0, 0.05) is 10.9 Å². The molecule has 116 valence electrons. The summed E-state index contributed by atoms with van der Waals surface area (Å²) in [5, 5.41) is 5.68. The summed E-state index contributed by atoms with van der Waals surface area (Å²) < 4.78 is 0. The highest BCUT2D eigenvalue weighted by molar-refractivity contribution is 7.10. The van der Waals surface area contributed by atoms with Gasteiger partial charge in [-0.2, -0.15) is 0 Å². The van der Waals surface area contributed by atoms with Crippen LogP contribution in [0.3, 0.4) is 0 Å². The number of hydrogen-bond donors (Lipinski definition) is 1. The van der Waals surface area contributed by atoms with Crippen LogP contribution in [0.4, 0.5) is 0 Å². The van der Waals surface area contributed by atoms with E-state index in [1.807, 2.05) is 0 Å². The summed E-state index contributed by atoms with van der Waals surface area (Å²) in [4.78, 5) is 16.2. The minimum atomic E-state index is -0.0150. The molecule has 1 aliphatic heterocycles. The number of nitrogens with zero attached hydrogens (tertiary/aromatic N) is 1. The number of rotatable bonds is 6. The van der Waals surface area contributed by atoms with E-state index in [0.717, 1.165) is 18.8 Å². The molecule has 0 aromatic carbocycles. The SMILES string of the molecule is CC(C)CC1NC(c2cccs2)N(C(C)CC2CC2)C1=O. The Labute approximate surface area is 131 Å². The summed E-state index contributed by atoms with van der Waals surface area (Å²) in [5.41, 5.74) is 0. The monoisotopic (exact) mass is 306 g/mol. The predicted molar refractivity (Wildman–Crippen MR) is 87.1 cm³/mol. The first-order valence-corrected chi connectivity index (χ1v) is 9.06. The lowest BCUT2D eigenvalue weighted by molar-refractivity contribution is -0.132. The Morgan fingerprint density at radius 1 is 1.33 bits per heavy atom. The molecule has 2 heterocycles. The van der Waals surface area contributed by atoms with Crippen LogP contribution in [0.1, 0.15) is 57.5 Å². The summed E-state index contributed by atoms with van der Waals surface area (Å²) in [6.45, 7) is 6.59. The van der Waals surface area contributed by atoms with Crippen molar-refractivity contribution in [3.63, 3.8) is 0 Å². The van der Waals surface area contributed by atoms with E-state index in [-0.39, 0.29) is 12.2 Å². The first-order chi connectivity index (χ1) is 10.1. The lowest BCUT2D eigenvalue weighted by atomic mass is 10.0. The zero-order valence-corrected chi connectivity index (χ0v) is 14.0. The predicted octanol–water partition coefficient (Wildman–Crippen LogP) is 3.78. The Morgan fingerprint density at radius 2 is 2.10 bits per heavy atom. The van der Waals surface area contributed by atoms with Gasteiger partial charge in [-0.25, -0.2) is 0 Å². The van der Waals surface area contributed by atoms with Crippen LogP contribution in [0.2, 0.25) is 0 Å². The van der Waals surface area contributed by atoms with Gasteiger partial charge in [-0.05, 0) is 43.0 Å². The molecule has 3 unspecified atom stereocenters. The molecule has 2 aliphatic rings. The maximum Gasteiger partial charge on any atom is 0.241 e. The van der Waals surface area contributed by atoms with E-state index in [4.69, 9.17) is 0 Å². The fourth-order valence-corrected chi connectivity index (χ4v) is 4.16. The Kier molecular flexibility index (Phi) is 4.36. The molecule has 1 saturated carbocycles. The summed E-state index contributed by atoms with van der Waals surface area (Å²) in [7, 11) is 0. The molecular weight excluding hydrogens is 280 g/mol. The van der Waals surface area contributed by atoms with Crippen LogP contribution in [0.25, 0.3) is 0 Å². The van der Waals surface area contributed by atoms with Gasteiger partial charge in [0.25, 0.3) is 0 Å². The van der Waals surface area contributed by atoms with Crippen LogP contribution in [-0.4, -0.2) is 22.9 Å². The molecular formula is C17H26N2OS. The molecule has 3 nitrogen and oxygen atoms in total. The average Bonchev–Trinajstić information content (AvgIpc) is 2.96. The normalized spacial score (nSPS) is 27.6. The Morgan fingerprint density at radius 3 is 2.67 bits per heavy atom. The van der Waals surface area contributed by atoms with E-state index in [1.54, 1.807) is 11.3 Å². The fraction of sp³-hybridized carbons (Fsp3) is 0.706.